The van der Waals surface area contributed by atoms with E-state index < -0.39 is 11.7 Å². The Hall–Kier alpha value is -3.04. The molecule has 0 aliphatic rings. The number of benzene rings is 2. The minimum atomic E-state index is -0.465. The molecular weight excluding hydrogens is 423 g/mol. The van der Waals surface area contributed by atoms with E-state index in [4.69, 9.17) is 0 Å². The number of para-hydroxylation sites is 1. The Bertz CT molecular complexity index is 1290. The number of carbonyl (C=O) groups excluding carboxylic acids is 1. The molecule has 0 bridgehead atoms. The van der Waals surface area contributed by atoms with E-state index in [-0.39, 0.29) is 11.1 Å². The Kier molecular flexibility index (Phi) is 5.91. The first-order valence-corrected chi connectivity index (χ1v) is 11.0. The highest BCUT2D eigenvalue weighted by atomic mass is 32.2. The quantitative estimate of drug-likeness (QED) is 0.450. The van der Waals surface area contributed by atoms with Crippen molar-refractivity contribution in [2.24, 2.45) is 0 Å². The predicted octanol–water partition coefficient (Wildman–Crippen LogP) is 4.40. The van der Waals surface area contributed by atoms with Gasteiger partial charge in [0.25, 0.3) is 11.5 Å². The van der Waals surface area contributed by atoms with Crippen molar-refractivity contribution in [3.63, 3.8) is 0 Å². The number of halogens is 1. The third-order valence-corrected chi connectivity index (χ3v) is 6.40. The Morgan fingerprint density at radius 2 is 2.03 bits per heavy atom. The van der Waals surface area contributed by atoms with E-state index in [9.17, 15) is 14.0 Å². The summed E-state index contributed by atoms with van der Waals surface area (Å²) in [6.45, 7) is 1.98. The number of aromatic nitrogens is 3. The minimum absolute atomic E-state index is 0.209. The lowest BCUT2D eigenvalue weighted by molar-refractivity contribution is 0.102. The third kappa shape index (κ3) is 4.42. The molecule has 9 heteroatoms. The first-order valence-electron chi connectivity index (χ1n) is 9.21. The van der Waals surface area contributed by atoms with Gasteiger partial charge in [-0.1, -0.05) is 36.5 Å². The van der Waals surface area contributed by atoms with E-state index in [0.29, 0.717) is 22.1 Å². The zero-order valence-corrected chi connectivity index (χ0v) is 17.6. The molecule has 1 amide bonds. The molecule has 30 heavy (non-hydrogen) atoms. The first-order chi connectivity index (χ1) is 14.5. The lowest BCUT2D eigenvalue weighted by Gasteiger charge is -2.11. The number of rotatable bonds is 6. The molecule has 0 saturated carbocycles. The zero-order chi connectivity index (χ0) is 21.1. The molecule has 2 aromatic carbocycles. The van der Waals surface area contributed by atoms with Gasteiger partial charge < -0.3 is 5.32 Å². The molecule has 2 aromatic heterocycles. The summed E-state index contributed by atoms with van der Waals surface area (Å²) in [6.07, 6.45) is 0.746. The number of thioether (sulfide) groups is 1. The number of fused-ring (bicyclic) bond motifs is 1. The summed E-state index contributed by atoms with van der Waals surface area (Å²) in [5.74, 6) is -0.401. The smallest absolute Gasteiger partial charge is 0.275 e. The molecule has 152 valence electrons. The van der Waals surface area contributed by atoms with Gasteiger partial charge >= 0.3 is 0 Å². The van der Waals surface area contributed by atoms with Crippen LogP contribution in [0, 0.1) is 5.82 Å². The predicted molar refractivity (Wildman–Crippen MR) is 117 cm³/mol. The van der Waals surface area contributed by atoms with Crippen LogP contribution < -0.4 is 10.9 Å². The van der Waals surface area contributed by atoms with Gasteiger partial charge in [-0.05, 0) is 36.8 Å². The van der Waals surface area contributed by atoms with Crippen LogP contribution in [0.15, 0.2) is 64.3 Å². The largest absolute Gasteiger partial charge is 0.321 e. The van der Waals surface area contributed by atoms with Crippen molar-refractivity contribution in [1.82, 2.24) is 14.6 Å². The summed E-state index contributed by atoms with van der Waals surface area (Å²) in [5.41, 5.74) is 1.29. The minimum Gasteiger partial charge on any atom is -0.321 e. The normalized spacial score (nSPS) is 11.0. The Balaban J connectivity index is 1.53. The number of amides is 1. The standard InChI is InChI=1S/C21H17FN4O2S2/c1-2-18-25-26-19(27)11-15(23-21(26)30-18)12-29-17-9-4-3-8-16(17)24-20(28)13-6-5-7-14(22)10-13/h3-11H,2,12H2,1H3,(H,24,28). The van der Waals surface area contributed by atoms with Gasteiger partial charge in [-0.3, -0.25) is 9.59 Å². The molecule has 6 nitrogen and oxygen atoms in total. The van der Waals surface area contributed by atoms with Gasteiger partial charge in [-0.25, -0.2) is 9.37 Å². The van der Waals surface area contributed by atoms with Crippen molar-refractivity contribution < 1.29 is 9.18 Å². The maximum Gasteiger partial charge on any atom is 0.275 e. The number of hydrogen-bond acceptors (Lipinski definition) is 6. The Morgan fingerprint density at radius 1 is 1.20 bits per heavy atom. The monoisotopic (exact) mass is 440 g/mol. The fourth-order valence-corrected chi connectivity index (χ4v) is 4.54. The van der Waals surface area contributed by atoms with Crippen molar-refractivity contribution in [1.29, 1.82) is 0 Å². The Morgan fingerprint density at radius 3 is 2.83 bits per heavy atom. The first kappa shape index (κ1) is 20.2. The SMILES string of the molecule is CCc1nn2c(=O)cc(CSc3ccccc3NC(=O)c3cccc(F)c3)nc2s1. The van der Waals surface area contributed by atoms with Crippen LogP contribution in [0.3, 0.4) is 0 Å². The fraction of sp³-hybridized carbons (Fsp3) is 0.143. The topological polar surface area (TPSA) is 76.4 Å². The van der Waals surface area contributed by atoms with E-state index in [0.717, 1.165) is 16.3 Å². The molecule has 0 atom stereocenters. The van der Waals surface area contributed by atoms with Crippen LogP contribution >= 0.6 is 23.1 Å². The second-order valence-electron chi connectivity index (χ2n) is 6.38. The highest BCUT2D eigenvalue weighted by Gasteiger charge is 2.12. The van der Waals surface area contributed by atoms with Crippen molar-refractivity contribution in [3.05, 3.63) is 87.0 Å². The van der Waals surface area contributed by atoms with Crippen molar-refractivity contribution in [2.75, 3.05) is 5.32 Å². The Labute approximate surface area is 179 Å². The van der Waals surface area contributed by atoms with Gasteiger partial charge in [0.05, 0.1) is 11.4 Å². The molecule has 0 spiro atoms. The van der Waals surface area contributed by atoms with Crippen molar-refractivity contribution in [3.8, 4) is 0 Å². The van der Waals surface area contributed by atoms with E-state index in [1.807, 2.05) is 25.1 Å². The number of anilines is 1. The van der Waals surface area contributed by atoms with E-state index in [2.05, 4.69) is 15.4 Å². The van der Waals surface area contributed by atoms with Gasteiger partial charge in [-0.2, -0.15) is 9.61 Å². The lowest BCUT2D eigenvalue weighted by atomic mass is 10.2. The molecule has 0 radical (unpaired) electrons. The van der Waals surface area contributed by atoms with Crippen LogP contribution in [0.1, 0.15) is 28.0 Å². The van der Waals surface area contributed by atoms with Crippen LogP contribution in [0.2, 0.25) is 0 Å². The molecule has 0 fully saturated rings. The van der Waals surface area contributed by atoms with Crippen LogP contribution in [-0.2, 0) is 12.2 Å². The fourth-order valence-electron chi connectivity index (χ4n) is 2.78. The summed E-state index contributed by atoms with van der Waals surface area (Å²) >= 11 is 2.86. The van der Waals surface area contributed by atoms with E-state index in [1.165, 1.54) is 51.9 Å². The number of nitrogens with zero attached hydrogens (tertiary/aromatic N) is 3. The van der Waals surface area contributed by atoms with Crippen LogP contribution in [0.4, 0.5) is 10.1 Å². The zero-order valence-electron chi connectivity index (χ0n) is 16.0. The van der Waals surface area contributed by atoms with Gasteiger partial charge in [0.2, 0.25) is 4.96 Å². The second-order valence-corrected chi connectivity index (χ2v) is 8.44. The lowest BCUT2D eigenvalue weighted by Crippen LogP contribution is -2.15. The molecule has 0 aliphatic heterocycles. The van der Waals surface area contributed by atoms with Gasteiger partial charge in [0, 0.05) is 22.3 Å². The molecule has 0 aliphatic carbocycles. The summed E-state index contributed by atoms with van der Waals surface area (Å²) in [6, 6.07) is 14.3. The summed E-state index contributed by atoms with van der Waals surface area (Å²) < 4.78 is 14.7. The summed E-state index contributed by atoms with van der Waals surface area (Å²) in [5, 5.41) is 7.93. The van der Waals surface area contributed by atoms with Crippen molar-refractivity contribution in [2.45, 2.75) is 24.0 Å². The maximum atomic E-state index is 13.4. The second kappa shape index (κ2) is 8.76. The van der Waals surface area contributed by atoms with Gasteiger partial charge in [0.1, 0.15) is 10.8 Å². The number of carbonyl (C=O) groups is 1. The van der Waals surface area contributed by atoms with Gasteiger partial charge in [0.15, 0.2) is 0 Å². The molecular formula is C21H17FN4O2S2. The van der Waals surface area contributed by atoms with Gasteiger partial charge in [-0.15, -0.1) is 11.8 Å². The molecule has 4 rings (SSSR count). The van der Waals surface area contributed by atoms with Crippen LogP contribution in [0.5, 0.6) is 0 Å². The molecule has 0 saturated heterocycles. The summed E-state index contributed by atoms with van der Waals surface area (Å²) in [4.78, 5) is 30.7. The van der Waals surface area contributed by atoms with Crippen LogP contribution in [0.25, 0.3) is 4.96 Å². The van der Waals surface area contributed by atoms with Crippen LogP contribution in [-0.4, -0.2) is 20.5 Å². The van der Waals surface area contributed by atoms with Crippen molar-refractivity contribution >= 4 is 39.7 Å². The summed E-state index contributed by atoms with van der Waals surface area (Å²) in [7, 11) is 0. The van der Waals surface area contributed by atoms with E-state index >= 15 is 0 Å². The average Bonchev–Trinajstić information content (AvgIpc) is 3.17. The van der Waals surface area contributed by atoms with E-state index in [1.54, 1.807) is 12.1 Å². The number of aryl methyl sites for hydroxylation is 1. The number of hydrogen-bond donors (Lipinski definition) is 1. The maximum absolute atomic E-state index is 13.4. The third-order valence-electron chi connectivity index (χ3n) is 4.24. The molecule has 1 N–H and O–H groups in total. The highest BCUT2D eigenvalue weighted by Crippen LogP contribution is 2.30. The molecule has 0 unspecified atom stereocenters. The molecule has 2 heterocycles. The number of nitrogens with one attached hydrogen (secondary N) is 1. The molecule has 4 aromatic rings. The average molecular weight is 441 g/mol. The highest BCUT2D eigenvalue weighted by molar-refractivity contribution is 7.98.